The number of aromatic nitrogens is 16. The molecule has 0 atom stereocenters. The zero-order valence-corrected chi connectivity index (χ0v) is 35.5. The van der Waals surface area contributed by atoms with Gasteiger partial charge in [-0.25, -0.2) is 14.3 Å². The first-order valence-electron chi connectivity index (χ1n) is 16.4. The molecule has 0 saturated heterocycles. The number of H-pyrrole nitrogens is 4. The lowest BCUT2D eigenvalue weighted by Gasteiger charge is -1.50. The minimum atomic E-state index is 1.21. The lowest BCUT2D eigenvalue weighted by Crippen LogP contribution is -1.61. The molecule has 4 N–H and O–H groups in total. The third kappa shape index (κ3) is 45.0. The Hall–Kier alpha value is -7.38. The highest BCUT2D eigenvalue weighted by Gasteiger charge is 1.64. The van der Waals surface area contributed by atoms with Crippen LogP contribution in [0.3, 0.4) is 0 Å². The number of nitrogens with one attached hydrogen (secondary N) is 4. The van der Waals surface area contributed by atoms with E-state index < -0.39 is 0 Å². The first kappa shape index (κ1) is 50.6. The summed E-state index contributed by atoms with van der Waals surface area (Å²) in [4.78, 5) is 16.6. The van der Waals surface area contributed by atoms with Crippen LogP contribution >= 0.6 is 57.3 Å². The van der Waals surface area contributed by atoms with E-state index in [0.717, 1.165) is 0 Å². The molecular weight excluding hydrogens is 865 g/mol. The number of rotatable bonds is 0. The zero-order chi connectivity index (χ0) is 42.4. The fourth-order valence-corrected chi connectivity index (χ4v) is 4.00. The van der Waals surface area contributed by atoms with Crippen molar-refractivity contribution < 1.29 is 13.4 Å². The Kier molecular flexibility index (Phi) is 40.3. The van der Waals surface area contributed by atoms with Crippen molar-refractivity contribution in [3.63, 3.8) is 0 Å². The molecule has 0 bridgehead atoms. The van der Waals surface area contributed by atoms with Crippen molar-refractivity contribution in [2.75, 3.05) is 0 Å². The van der Waals surface area contributed by atoms with Crippen LogP contribution in [0.5, 0.6) is 0 Å². The van der Waals surface area contributed by atoms with Gasteiger partial charge in [-0.3, -0.25) is 10.1 Å². The second-order valence-electron chi connectivity index (χ2n) is 8.55. The molecule has 0 spiro atoms. The Bertz CT molecular complexity index is 1330. The molecule has 12 heterocycles. The number of hydrogen-bond donors (Lipinski definition) is 4. The number of aromatic amines is 4. The van der Waals surface area contributed by atoms with Gasteiger partial charge in [0.1, 0.15) is 23.5 Å². The van der Waals surface area contributed by atoms with E-state index in [2.05, 4.69) is 92.4 Å². The minimum absolute atomic E-state index is 1.21. The summed E-state index contributed by atoms with van der Waals surface area (Å²) in [6.45, 7) is 0. The van der Waals surface area contributed by atoms with Gasteiger partial charge in [-0.1, -0.05) is 17.3 Å². The molecule has 12 rings (SSSR count). The van der Waals surface area contributed by atoms with Crippen molar-refractivity contribution in [3.05, 3.63) is 217 Å². The Morgan fingerprint density at radius 3 is 1.43 bits per heavy atom. The second-order valence-corrected chi connectivity index (χ2v) is 12.1. The average Bonchev–Trinajstić information content (AvgIpc) is 4.19. The lowest BCUT2D eigenvalue weighted by molar-refractivity contribution is 0.420. The summed E-state index contributed by atoms with van der Waals surface area (Å²) in [7, 11) is 0. The van der Waals surface area contributed by atoms with Gasteiger partial charge in [0, 0.05) is 60.3 Å². The SMILES string of the molecule is c1c[nH]cn1.c1cc[nH]c1.c1ccoc1.c1ccsc1.c1cn[nH]c1.c1cn[nH]n1.c1cnoc1.c1cnsc1.c1cnsn1.c1cocn1.c1cscn1.c1nncs1. The third-order valence-corrected chi connectivity index (χ3v) is 6.98. The molecule has 312 valence electrons. The standard InChI is InChI=1S/C4H5N.C4H4O.C4H4S.2C3H4N2.2C3H3NO.2C3H3NS.C2H3N3.2C2H2N2S/c3*1-2-4-5-3-1;1-2-5-3-4-1;1-2-4-5-3-1;1-2-5-3-4-1;1-2-4-5-3-1;1-2-5-3-4-1;2*1-2-4-5-3-1;1-3-4-2-5-1;1-2-4-5-3-1/h1-5H;2*1-4H;2*1-3H,(H,4,5);4*1-3H;1-2H,(H,3,4,5);2*1-2H. The quantitative estimate of drug-likeness (QED) is 0.110. The van der Waals surface area contributed by atoms with E-state index in [1.807, 2.05) is 82.4 Å². The molecular formula is C36H40N16O3S5. The van der Waals surface area contributed by atoms with Crippen LogP contribution in [0.1, 0.15) is 0 Å². The van der Waals surface area contributed by atoms with E-state index in [0.29, 0.717) is 0 Å². The summed E-state index contributed by atoms with van der Waals surface area (Å²) in [6.07, 6.45) is 33.1. The number of oxazole rings is 1. The number of furan rings is 1. The number of imidazole rings is 1. The Morgan fingerprint density at radius 2 is 1.23 bits per heavy atom. The van der Waals surface area contributed by atoms with Gasteiger partial charge in [-0.15, -0.1) is 32.9 Å². The van der Waals surface area contributed by atoms with Gasteiger partial charge >= 0.3 is 0 Å². The van der Waals surface area contributed by atoms with Gasteiger partial charge in [-0.2, -0.15) is 40.6 Å². The molecule has 0 unspecified atom stereocenters. The van der Waals surface area contributed by atoms with Crippen LogP contribution < -0.4 is 0 Å². The maximum atomic E-state index is 4.58. The summed E-state index contributed by atoms with van der Waals surface area (Å²) in [5.74, 6) is 0. The van der Waals surface area contributed by atoms with Gasteiger partial charge in [-0.05, 0) is 64.8 Å². The van der Waals surface area contributed by atoms with Gasteiger partial charge in [0.25, 0.3) is 0 Å². The minimum Gasteiger partial charge on any atom is -0.473 e. The highest BCUT2D eigenvalue weighted by Crippen LogP contribution is 1.91. The summed E-state index contributed by atoms with van der Waals surface area (Å²) in [5.41, 5.74) is 5.15. The van der Waals surface area contributed by atoms with Gasteiger partial charge in [0.05, 0.1) is 73.3 Å². The van der Waals surface area contributed by atoms with Crippen LogP contribution in [0.4, 0.5) is 0 Å². The van der Waals surface area contributed by atoms with E-state index in [-0.39, 0.29) is 0 Å². The number of hydrogen-bond acceptors (Lipinski definition) is 20. The molecule has 60 heavy (non-hydrogen) atoms. The maximum absolute atomic E-state index is 4.58. The van der Waals surface area contributed by atoms with Crippen molar-refractivity contribution in [1.29, 1.82) is 0 Å². The molecule has 12 aromatic heterocycles. The maximum Gasteiger partial charge on any atom is 0.180 e. The van der Waals surface area contributed by atoms with Crippen LogP contribution in [0, 0.1) is 0 Å². The summed E-state index contributed by atoms with van der Waals surface area (Å²) >= 11 is 7.48. The van der Waals surface area contributed by atoms with E-state index >= 15 is 0 Å². The molecule has 19 nitrogen and oxygen atoms in total. The smallest absolute Gasteiger partial charge is 0.180 e. The predicted molar refractivity (Wildman–Crippen MR) is 234 cm³/mol. The van der Waals surface area contributed by atoms with Gasteiger partial charge in [0.2, 0.25) is 0 Å². The van der Waals surface area contributed by atoms with Crippen LogP contribution in [-0.2, 0) is 0 Å². The van der Waals surface area contributed by atoms with E-state index in [1.54, 1.807) is 138 Å². The average molecular weight is 905 g/mol. The summed E-state index contributed by atoms with van der Waals surface area (Å²) in [6, 6.07) is 17.1. The number of thiophene rings is 1. The fourth-order valence-electron chi connectivity index (χ4n) is 2.30. The zero-order valence-electron chi connectivity index (χ0n) is 31.4. The monoisotopic (exact) mass is 904 g/mol. The van der Waals surface area contributed by atoms with Crippen LogP contribution in [0.2, 0.25) is 0 Å². The molecule has 0 aromatic carbocycles. The Balaban J connectivity index is 0.000000327. The number of nitrogens with zero attached hydrogens (tertiary/aromatic N) is 12. The lowest BCUT2D eigenvalue weighted by atomic mass is 10.7. The van der Waals surface area contributed by atoms with Crippen LogP contribution in [0.25, 0.3) is 0 Å². The Labute approximate surface area is 364 Å². The van der Waals surface area contributed by atoms with Crippen molar-refractivity contribution >= 4 is 57.3 Å². The largest absolute Gasteiger partial charge is 0.473 e. The molecule has 0 aliphatic rings. The van der Waals surface area contributed by atoms with E-state index in [4.69, 9.17) is 0 Å². The molecule has 24 heteroatoms. The van der Waals surface area contributed by atoms with Crippen molar-refractivity contribution in [2.45, 2.75) is 0 Å². The first-order chi connectivity index (χ1) is 30.0. The van der Waals surface area contributed by atoms with Crippen molar-refractivity contribution in [1.82, 2.24) is 79.0 Å². The van der Waals surface area contributed by atoms with Crippen LogP contribution in [0.15, 0.2) is 231 Å². The molecule has 0 saturated carbocycles. The molecule has 0 radical (unpaired) electrons. The van der Waals surface area contributed by atoms with Gasteiger partial charge < -0.3 is 23.3 Å². The van der Waals surface area contributed by atoms with Gasteiger partial charge in [0.15, 0.2) is 6.39 Å². The van der Waals surface area contributed by atoms with Crippen molar-refractivity contribution in [2.24, 2.45) is 0 Å². The highest BCUT2D eigenvalue weighted by atomic mass is 32.1. The summed E-state index contributed by atoms with van der Waals surface area (Å²) in [5, 5.41) is 33.8. The molecule has 0 amide bonds. The molecule has 12 aromatic rings. The summed E-state index contributed by atoms with van der Waals surface area (Å²) < 4.78 is 24.5. The predicted octanol–water partition coefficient (Wildman–Crippen LogP) is 9.38. The second kappa shape index (κ2) is 47.8. The topological polar surface area (TPSA) is 257 Å². The number of thiazole rings is 1. The fraction of sp³-hybridized carbons (Fsp3) is 0. The van der Waals surface area contributed by atoms with E-state index in [1.165, 1.54) is 53.5 Å². The Morgan fingerprint density at radius 1 is 0.433 bits per heavy atom. The van der Waals surface area contributed by atoms with Crippen LogP contribution in [-0.4, -0.2) is 79.0 Å². The molecule has 0 fully saturated rings. The molecule has 0 aliphatic carbocycles. The van der Waals surface area contributed by atoms with E-state index in [9.17, 15) is 0 Å². The third-order valence-electron chi connectivity index (χ3n) is 4.44. The first-order valence-corrected chi connectivity index (χ1v) is 20.8. The normalized spacial score (nSPS) is 8.00. The molecule has 0 aliphatic heterocycles. The van der Waals surface area contributed by atoms with Crippen molar-refractivity contribution in [3.8, 4) is 0 Å². The highest BCUT2D eigenvalue weighted by molar-refractivity contribution is 7.08.